The predicted octanol–water partition coefficient (Wildman–Crippen LogP) is 6.67. The van der Waals surface area contributed by atoms with Crippen LogP contribution in [0.3, 0.4) is 0 Å². The molecule has 3 fully saturated rings. The molecule has 7 rings (SSSR count). The first-order chi connectivity index (χ1) is 19.1. The Morgan fingerprint density at radius 2 is 1.73 bits per heavy atom. The van der Waals surface area contributed by atoms with Gasteiger partial charge in [-0.05, 0) is 98.0 Å². The summed E-state index contributed by atoms with van der Waals surface area (Å²) in [5, 5.41) is 4.56. The number of nitrogens with zero attached hydrogens (tertiary/aromatic N) is 2. The molecule has 0 saturated heterocycles. The molecule has 4 N–H and O–H groups in total. The zero-order chi connectivity index (χ0) is 28.1. The van der Waals surface area contributed by atoms with Crippen LogP contribution in [0.2, 0.25) is 5.02 Å². The number of hydrogen-bond donors (Lipinski definition) is 3. The standard InChI is InChI=1S/C30H31ClFN5O2S/c1-2-19-15-21(20-7-8-25(24(32)17-20)37-40(38,39)26-6-4-3-5-23(26)31)16-22-18-34-28(35-27(19)22)36-30-12-9-29(33,10-13-30)11-14-30/h3-8,15-18,37H,2,9-14,33H2,1H3,(H,34,35,36). The van der Waals surface area contributed by atoms with Crippen LogP contribution >= 0.6 is 11.6 Å². The summed E-state index contributed by atoms with van der Waals surface area (Å²) in [5.41, 5.74) is 9.63. The summed E-state index contributed by atoms with van der Waals surface area (Å²) >= 11 is 6.04. The highest BCUT2D eigenvalue weighted by Gasteiger charge is 2.47. The van der Waals surface area contributed by atoms with E-state index < -0.39 is 15.8 Å². The van der Waals surface area contributed by atoms with Crippen molar-refractivity contribution in [1.29, 1.82) is 0 Å². The molecule has 208 valence electrons. The Kier molecular flexibility index (Phi) is 6.71. The molecule has 0 radical (unpaired) electrons. The number of aryl methyl sites for hydroxylation is 1. The van der Waals surface area contributed by atoms with E-state index in [4.69, 9.17) is 22.3 Å². The van der Waals surface area contributed by atoms with E-state index in [-0.39, 0.29) is 26.7 Å². The molecule has 0 aliphatic heterocycles. The Balaban J connectivity index is 1.27. The summed E-state index contributed by atoms with van der Waals surface area (Å²) in [6.45, 7) is 2.06. The number of fused-ring (bicyclic) bond motifs is 4. The van der Waals surface area contributed by atoms with Crippen LogP contribution in [0.25, 0.3) is 22.0 Å². The lowest BCUT2D eigenvalue weighted by Gasteiger charge is -2.52. The molecule has 10 heteroatoms. The van der Waals surface area contributed by atoms with Gasteiger partial charge < -0.3 is 11.1 Å². The van der Waals surface area contributed by atoms with Crippen molar-refractivity contribution in [3.63, 3.8) is 0 Å². The van der Waals surface area contributed by atoms with Gasteiger partial charge in [0.15, 0.2) is 0 Å². The van der Waals surface area contributed by atoms with Crippen molar-refractivity contribution >= 4 is 44.2 Å². The Morgan fingerprint density at radius 3 is 2.40 bits per heavy atom. The summed E-state index contributed by atoms with van der Waals surface area (Å²) in [6.07, 6.45) is 8.70. The van der Waals surface area contributed by atoms with Crippen LogP contribution in [0.1, 0.15) is 51.0 Å². The van der Waals surface area contributed by atoms with Crippen LogP contribution in [-0.4, -0.2) is 29.5 Å². The number of anilines is 2. The minimum Gasteiger partial charge on any atom is -0.349 e. The zero-order valence-corrected chi connectivity index (χ0v) is 23.7. The second-order valence-electron chi connectivity index (χ2n) is 11.1. The topological polar surface area (TPSA) is 110 Å². The molecule has 40 heavy (non-hydrogen) atoms. The van der Waals surface area contributed by atoms with E-state index in [1.54, 1.807) is 18.2 Å². The minimum absolute atomic E-state index is 0.00291. The van der Waals surface area contributed by atoms with Gasteiger partial charge in [-0.2, -0.15) is 0 Å². The lowest BCUT2D eigenvalue weighted by molar-refractivity contribution is 0.126. The van der Waals surface area contributed by atoms with Gasteiger partial charge in [-0.25, -0.2) is 22.8 Å². The Labute approximate surface area is 238 Å². The first kappa shape index (κ1) is 26.9. The fraction of sp³-hybridized carbons (Fsp3) is 0.333. The average Bonchev–Trinajstić information content (AvgIpc) is 2.94. The highest BCUT2D eigenvalue weighted by molar-refractivity contribution is 7.92. The van der Waals surface area contributed by atoms with Gasteiger partial charge in [0.1, 0.15) is 10.7 Å². The highest BCUT2D eigenvalue weighted by atomic mass is 35.5. The van der Waals surface area contributed by atoms with Crippen LogP contribution in [0.4, 0.5) is 16.0 Å². The number of rotatable bonds is 7. The van der Waals surface area contributed by atoms with Gasteiger partial charge in [0.05, 0.1) is 16.2 Å². The van der Waals surface area contributed by atoms with Gasteiger partial charge in [0.25, 0.3) is 10.0 Å². The van der Waals surface area contributed by atoms with Crippen molar-refractivity contribution in [2.24, 2.45) is 5.73 Å². The minimum atomic E-state index is -4.06. The third-order valence-corrected chi connectivity index (χ3v) is 10.4. The molecule has 1 aromatic heterocycles. The average molecular weight is 580 g/mol. The molecule has 3 aliphatic carbocycles. The van der Waals surface area contributed by atoms with E-state index in [1.807, 2.05) is 18.3 Å². The molecule has 3 saturated carbocycles. The van der Waals surface area contributed by atoms with Gasteiger partial charge in [-0.15, -0.1) is 0 Å². The van der Waals surface area contributed by atoms with Crippen molar-refractivity contribution in [3.05, 3.63) is 77.2 Å². The molecule has 0 spiro atoms. The number of nitrogens with two attached hydrogens (primary N) is 1. The SMILES string of the molecule is CCc1cc(-c2ccc(NS(=O)(=O)c3ccccc3Cl)c(F)c2)cc2cnc(NC34CCC(N)(CC3)CC4)nc12. The number of hydrogen-bond acceptors (Lipinski definition) is 6. The van der Waals surface area contributed by atoms with Crippen LogP contribution in [-0.2, 0) is 16.4 Å². The second kappa shape index (κ2) is 9.98. The molecule has 7 nitrogen and oxygen atoms in total. The molecule has 2 bridgehead atoms. The van der Waals surface area contributed by atoms with E-state index in [0.29, 0.717) is 11.5 Å². The first-order valence-electron chi connectivity index (χ1n) is 13.5. The van der Waals surface area contributed by atoms with Crippen molar-refractivity contribution in [1.82, 2.24) is 9.97 Å². The Hall–Kier alpha value is -3.27. The summed E-state index contributed by atoms with van der Waals surface area (Å²) in [6, 6.07) is 14.4. The summed E-state index contributed by atoms with van der Waals surface area (Å²) in [7, 11) is -4.06. The number of sulfonamides is 1. The largest absolute Gasteiger partial charge is 0.349 e. The quantitative estimate of drug-likeness (QED) is 0.226. The molecular weight excluding hydrogens is 549 g/mol. The summed E-state index contributed by atoms with van der Waals surface area (Å²) in [5.74, 6) is -0.0645. The molecule has 0 atom stereocenters. The van der Waals surface area contributed by atoms with E-state index >= 15 is 4.39 Å². The van der Waals surface area contributed by atoms with Crippen molar-refractivity contribution < 1.29 is 12.8 Å². The van der Waals surface area contributed by atoms with Crippen molar-refractivity contribution in [2.75, 3.05) is 10.0 Å². The van der Waals surface area contributed by atoms with Gasteiger partial charge >= 0.3 is 0 Å². The summed E-state index contributed by atoms with van der Waals surface area (Å²) < 4.78 is 43.0. The van der Waals surface area contributed by atoms with Gasteiger partial charge in [0, 0.05) is 22.7 Å². The van der Waals surface area contributed by atoms with E-state index in [9.17, 15) is 8.42 Å². The second-order valence-corrected chi connectivity index (χ2v) is 13.2. The molecule has 3 aromatic carbocycles. The maximum Gasteiger partial charge on any atom is 0.263 e. The number of aromatic nitrogens is 2. The van der Waals surface area contributed by atoms with Crippen LogP contribution < -0.4 is 15.8 Å². The first-order valence-corrected chi connectivity index (χ1v) is 15.4. The normalized spacial score (nSPS) is 22.4. The molecule has 0 amide bonds. The zero-order valence-electron chi connectivity index (χ0n) is 22.2. The molecule has 1 heterocycles. The lowest BCUT2D eigenvalue weighted by Crippen LogP contribution is -2.57. The molecule has 3 aliphatic rings. The Morgan fingerprint density at radius 1 is 1.00 bits per heavy atom. The van der Waals surface area contributed by atoms with Crippen LogP contribution in [0.15, 0.2) is 65.7 Å². The summed E-state index contributed by atoms with van der Waals surface area (Å²) in [4.78, 5) is 9.41. The van der Waals surface area contributed by atoms with Crippen LogP contribution in [0.5, 0.6) is 0 Å². The van der Waals surface area contributed by atoms with Crippen molar-refractivity contribution in [3.8, 4) is 11.1 Å². The van der Waals surface area contributed by atoms with Gasteiger partial charge in [-0.3, -0.25) is 4.72 Å². The van der Waals surface area contributed by atoms with E-state index in [2.05, 4.69) is 21.9 Å². The smallest absolute Gasteiger partial charge is 0.263 e. The number of halogens is 2. The maximum atomic E-state index is 15.2. The van der Waals surface area contributed by atoms with E-state index in [1.165, 1.54) is 24.3 Å². The predicted molar refractivity (Wildman–Crippen MR) is 158 cm³/mol. The maximum absolute atomic E-state index is 15.2. The monoisotopic (exact) mass is 579 g/mol. The fourth-order valence-corrected chi connectivity index (χ4v) is 7.58. The lowest BCUT2D eigenvalue weighted by atomic mass is 9.62. The van der Waals surface area contributed by atoms with E-state index in [0.717, 1.165) is 67.0 Å². The number of nitrogens with one attached hydrogen (secondary N) is 2. The highest BCUT2D eigenvalue weighted by Crippen LogP contribution is 2.47. The molecule has 0 unspecified atom stereocenters. The number of benzene rings is 3. The fourth-order valence-electron chi connectivity index (χ4n) is 5.99. The molecule has 4 aromatic rings. The van der Waals surface area contributed by atoms with Crippen molar-refractivity contribution in [2.45, 2.75) is 67.8 Å². The third kappa shape index (κ3) is 5.02. The van der Waals surface area contributed by atoms with Gasteiger partial charge in [0.2, 0.25) is 5.95 Å². The third-order valence-electron chi connectivity index (χ3n) is 8.50. The molecular formula is C30H31ClFN5O2S. The van der Waals surface area contributed by atoms with Gasteiger partial charge in [-0.1, -0.05) is 36.7 Å². The van der Waals surface area contributed by atoms with Crippen LogP contribution in [0, 0.1) is 5.82 Å². The Bertz CT molecular complexity index is 1700.